The normalized spacial score (nSPS) is 22.4. The summed E-state index contributed by atoms with van der Waals surface area (Å²) in [6.45, 7) is -1.23. The van der Waals surface area contributed by atoms with Gasteiger partial charge in [-0.1, -0.05) is 6.07 Å². The number of carboxylic acid groups (broad SMARTS) is 1. The summed E-state index contributed by atoms with van der Waals surface area (Å²) < 4.78 is 53.1. The first-order valence-corrected chi connectivity index (χ1v) is 8.69. The van der Waals surface area contributed by atoms with E-state index in [-0.39, 0.29) is 31.6 Å². The molecule has 2 atom stereocenters. The quantitative estimate of drug-likeness (QED) is 0.597. The van der Waals surface area contributed by atoms with Crippen molar-refractivity contribution in [2.24, 2.45) is 0 Å². The lowest BCUT2D eigenvalue weighted by atomic mass is 10.0. The molecule has 1 aromatic carbocycles. The van der Waals surface area contributed by atoms with Crippen LogP contribution in [0.4, 0.5) is 33.7 Å². The van der Waals surface area contributed by atoms with Gasteiger partial charge in [0, 0.05) is 29.9 Å². The van der Waals surface area contributed by atoms with Crippen LogP contribution in [-0.4, -0.2) is 59.1 Å². The highest BCUT2D eigenvalue weighted by molar-refractivity contribution is 7.78. The lowest BCUT2D eigenvalue weighted by Gasteiger charge is -2.34. The van der Waals surface area contributed by atoms with Gasteiger partial charge < -0.3 is 20.2 Å². The maximum atomic E-state index is 14.4. The zero-order valence-corrected chi connectivity index (χ0v) is 14.9. The third-order valence-corrected chi connectivity index (χ3v) is 4.96. The molecule has 0 saturated carbocycles. The Morgan fingerprint density at radius 1 is 1.41 bits per heavy atom. The van der Waals surface area contributed by atoms with E-state index < -0.39 is 31.0 Å². The largest absolute Gasteiger partial charge is 0.465 e. The Hall–Kier alpha value is -2.32. The molecule has 1 amide bonds. The molecule has 0 bridgehead atoms. The van der Waals surface area contributed by atoms with E-state index >= 15 is 0 Å². The van der Waals surface area contributed by atoms with Crippen molar-refractivity contribution < 1.29 is 27.5 Å². The van der Waals surface area contributed by atoms with Crippen molar-refractivity contribution in [1.29, 1.82) is 0 Å². The van der Waals surface area contributed by atoms with Gasteiger partial charge in [0.25, 0.3) is 0 Å². The van der Waals surface area contributed by atoms with Gasteiger partial charge in [0.2, 0.25) is 0 Å². The number of piperidine rings is 1. The summed E-state index contributed by atoms with van der Waals surface area (Å²) in [5, 5.41) is 14.4. The van der Waals surface area contributed by atoms with Crippen molar-refractivity contribution in [3.05, 3.63) is 29.5 Å². The Bertz CT molecular complexity index is 795. The number of amides is 1. The van der Waals surface area contributed by atoms with E-state index in [2.05, 4.69) is 10.3 Å². The molecular formula is C17H17F4N3O2S. The summed E-state index contributed by atoms with van der Waals surface area (Å²) in [5.74, 6) is 0. The summed E-state index contributed by atoms with van der Waals surface area (Å²) in [6.07, 6.45) is -6.56. The van der Waals surface area contributed by atoms with Gasteiger partial charge in [-0.05, 0) is 35.8 Å². The Kier molecular flexibility index (Phi) is 5.30. The van der Waals surface area contributed by atoms with Gasteiger partial charge in [0.1, 0.15) is 12.7 Å². The van der Waals surface area contributed by atoms with Crippen LogP contribution in [0.2, 0.25) is 0 Å². The Morgan fingerprint density at radius 3 is 2.74 bits per heavy atom. The molecule has 5 nitrogen and oxygen atoms in total. The molecule has 1 saturated heterocycles. The number of alkyl halides is 4. The summed E-state index contributed by atoms with van der Waals surface area (Å²) in [7, 11) is 0. The van der Waals surface area contributed by atoms with Crippen molar-refractivity contribution in [3.63, 3.8) is 0 Å². The minimum absolute atomic E-state index is 0.170. The number of hydrogen-bond donors (Lipinski definition) is 2. The van der Waals surface area contributed by atoms with Gasteiger partial charge in [-0.15, -0.1) is 0 Å². The van der Waals surface area contributed by atoms with E-state index in [1.54, 1.807) is 18.2 Å². The van der Waals surface area contributed by atoms with Crippen LogP contribution in [0, 0.1) is 0 Å². The molecule has 146 valence electrons. The molecule has 0 aromatic heterocycles. The average molecular weight is 403 g/mol. The fraction of sp³-hybridized carbons (Fsp3) is 0.471. The van der Waals surface area contributed by atoms with Gasteiger partial charge in [-0.2, -0.15) is 13.2 Å². The zero-order valence-electron chi connectivity index (χ0n) is 14.1. The summed E-state index contributed by atoms with van der Waals surface area (Å²) in [5.41, 5.74) is 1.73. The molecule has 0 unspecified atom stereocenters. The van der Waals surface area contributed by atoms with E-state index in [0.717, 1.165) is 9.80 Å². The monoisotopic (exact) mass is 403 g/mol. The number of fused-ring (bicyclic) bond motifs is 1. The number of likely N-dealkylation sites (tertiary alicyclic amines) is 1. The van der Waals surface area contributed by atoms with Crippen LogP contribution in [0.5, 0.6) is 0 Å². The van der Waals surface area contributed by atoms with E-state index in [4.69, 9.17) is 17.3 Å². The van der Waals surface area contributed by atoms with Crippen LogP contribution < -0.4 is 10.2 Å². The predicted molar refractivity (Wildman–Crippen MR) is 96.2 cm³/mol. The highest BCUT2D eigenvalue weighted by atomic mass is 32.1. The molecule has 1 aromatic rings. The first kappa shape index (κ1) is 19.4. The maximum absolute atomic E-state index is 14.4. The SMILES string of the molecule is O=C(O)N1CC[C@H](Nc2cccc3c2CC(=C=S)N3CC(F)(F)F)[C@H](F)C1. The van der Waals surface area contributed by atoms with Crippen LogP contribution in [0.25, 0.3) is 0 Å². The minimum atomic E-state index is -4.41. The molecule has 0 radical (unpaired) electrons. The molecule has 2 aliphatic heterocycles. The Morgan fingerprint density at radius 2 is 2.15 bits per heavy atom. The first-order chi connectivity index (χ1) is 12.7. The molecule has 2 aliphatic rings. The number of carbonyl (C=O) groups is 1. The molecule has 0 aliphatic carbocycles. The van der Waals surface area contributed by atoms with Gasteiger partial charge in [0.05, 0.1) is 18.3 Å². The Labute approximate surface area is 158 Å². The second-order valence-corrected chi connectivity index (χ2v) is 6.72. The number of anilines is 2. The van der Waals surface area contributed by atoms with E-state index in [1.165, 1.54) is 0 Å². The standard InChI is InChI=1S/C17H17F4N3O2S/c18-12-7-23(16(25)26)5-4-14(12)22-13-2-1-3-15-11(13)6-10(8-27)24(15)9-17(19,20)21/h1-3,12,14,22H,4-7,9H2,(H,25,26)/t12-,14+/m1/s1. The van der Waals surface area contributed by atoms with Crippen molar-refractivity contribution >= 4 is 34.7 Å². The maximum Gasteiger partial charge on any atom is 0.407 e. The molecule has 1 fully saturated rings. The summed E-state index contributed by atoms with van der Waals surface area (Å²) in [4.78, 5) is 13.0. The number of halogens is 4. The predicted octanol–water partition coefficient (Wildman–Crippen LogP) is 3.60. The van der Waals surface area contributed by atoms with Crippen molar-refractivity contribution in [3.8, 4) is 0 Å². The van der Waals surface area contributed by atoms with Crippen molar-refractivity contribution in [2.45, 2.75) is 31.2 Å². The summed E-state index contributed by atoms with van der Waals surface area (Å²) in [6, 6.07) is 4.21. The van der Waals surface area contributed by atoms with Gasteiger partial charge >= 0.3 is 12.3 Å². The zero-order chi connectivity index (χ0) is 19.8. The minimum Gasteiger partial charge on any atom is -0.465 e. The van der Waals surface area contributed by atoms with Crippen molar-refractivity contribution in [1.82, 2.24) is 4.90 Å². The molecule has 0 spiro atoms. The molecule has 27 heavy (non-hydrogen) atoms. The van der Waals surface area contributed by atoms with Gasteiger partial charge in [0.15, 0.2) is 0 Å². The molecular weight excluding hydrogens is 386 g/mol. The third-order valence-electron chi connectivity index (χ3n) is 4.72. The second-order valence-electron chi connectivity index (χ2n) is 6.51. The highest BCUT2D eigenvalue weighted by Crippen LogP contribution is 2.40. The first-order valence-electron chi connectivity index (χ1n) is 8.28. The Balaban J connectivity index is 1.82. The van der Waals surface area contributed by atoms with Crippen LogP contribution >= 0.6 is 12.2 Å². The number of hydrogen-bond acceptors (Lipinski definition) is 4. The van der Waals surface area contributed by atoms with E-state index in [0.29, 0.717) is 16.9 Å². The average Bonchev–Trinajstić information content (AvgIpc) is 2.93. The van der Waals surface area contributed by atoms with E-state index in [1.807, 2.05) is 0 Å². The number of benzene rings is 1. The van der Waals surface area contributed by atoms with Crippen LogP contribution in [-0.2, 0) is 6.42 Å². The topological polar surface area (TPSA) is 55.8 Å². The number of nitrogens with one attached hydrogen (secondary N) is 1. The van der Waals surface area contributed by atoms with E-state index in [9.17, 15) is 22.4 Å². The molecule has 2 N–H and O–H groups in total. The lowest BCUT2D eigenvalue weighted by Crippen LogP contribution is -2.49. The van der Waals surface area contributed by atoms with Crippen LogP contribution in [0.3, 0.4) is 0 Å². The third kappa shape index (κ3) is 4.17. The number of allylic oxidation sites excluding steroid dienone is 1. The second kappa shape index (κ2) is 7.36. The number of nitrogens with zero attached hydrogens (tertiary/aromatic N) is 2. The fourth-order valence-electron chi connectivity index (χ4n) is 3.45. The lowest BCUT2D eigenvalue weighted by molar-refractivity contribution is -0.118. The van der Waals surface area contributed by atoms with Gasteiger partial charge in [-0.25, -0.2) is 9.18 Å². The van der Waals surface area contributed by atoms with Crippen molar-refractivity contribution in [2.75, 3.05) is 29.9 Å². The van der Waals surface area contributed by atoms with Crippen LogP contribution in [0.15, 0.2) is 23.9 Å². The number of thiocarbonyl (C=S) groups is 1. The smallest absolute Gasteiger partial charge is 0.407 e. The number of rotatable bonds is 3. The van der Waals surface area contributed by atoms with Crippen LogP contribution in [0.1, 0.15) is 12.0 Å². The molecule has 2 heterocycles. The molecule has 10 heteroatoms. The summed E-state index contributed by atoms with van der Waals surface area (Å²) >= 11 is 4.75. The van der Waals surface area contributed by atoms with Gasteiger partial charge in [-0.3, -0.25) is 0 Å². The fourth-order valence-corrected chi connectivity index (χ4v) is 3.63. The highest BCUT2D eigenvalue weighted by Gasteiger charge is 2.38. The molecule has 3 rings (SSSR count).